The first kappa shape index (κ1) is 18.0. The van der Waals surface area contributed by atoms with Crippen molar-refractivity contribution in [3.05, 3.63) is 35.9 Å². The van der Waals surface area contributed by atoms with Gasteiger partial charge in [-0.15, -0.1) is 0 Å². The SMILES string of the molecule is O=C(NS(=O)(=O)OCC(F)(F)F)c1ccccc1.[H-].[Li+]. The molecule has 0 saturated carbocycles. The van der Waals surface area contributed by atoms with E-state index < -0.39 is 29.0 Å². The van der Waals surface area contributed by atoms with Crippen LogP contribution in [0, 0.1) is 0 Å². The molecule has 0 atom stereocenters. The number of benzene rings is 1. The maximum atomic E-state index is 11.7. The van der Waals surface area contributed by atoms with Gasteiger partial charge in [-0.3, -0.25) is 4.79 Å². The molecule has 1 amide bonds. The zero-order valence-corrected chi connectivity index (χ0v) is 10.6. The zero-order valence-electron chi connectivity index (χ0n) is 10.8. The molecule has 102 valence electrons. The molecule has 0 aliphatic rings. The summed E-state index contributed by atoms with van der Waals surface area (Å²) in [6.07, 6.45) is -4.80. The van der Waals surface area contributed by atoms with E-state index in [1.54, 1.807) is 6.07 Å². The van der Waals surface area contributed by atoms with Crippen molar-refractivity contribution in [3.63, 3.8) is 0 Å². The van der Waals surface area contributed by atoms with Gasteiger partial charge >= 0.3 is 35.3 Å². The molecule has 0 aliphatic carbocycles. The van der Waals surface area contributed by atoms with Crippen molar-refractivity contribution in [1.82, 2.24) is 4.72 Å². The molecular formula is C9H9F3LiNO4S. The van der Waals surface area contributed by atoms with Gasteiger partial charge in [0.25, 0.3) is 5.91 Å². The Bertz CT molecular complexity index is 524. The summed E-state index contributed by atoms with van der Waals surface area (Å²) in [5.74, 6) is -1.07. The number of halogens is 3. The first-order valence-electron chi connectivity index (χ1n) is 4.53. The molecule has 0 spiro atoms. The van der Waals surface area contributed by atoms with E-state index in [0.717, 1.165) is 0 Å². The second-order valence-corrected chi connectivity index (χ2v) is 4.48. The summed E-state index contributed by atoms with van der Waals surface area (Å²) >= 11 is 0. The van der Waals surface area contributed by atoms with Crippen molar-refractivity contribution in [2.75, 3.05) is 6.61 Å². The maximum Gasteiger partial charge on any atom is 1.00 e. The van der Waals surface area contributed by atoms with E-state index in [2.05, 4.69) is 4.18 Å². The molecule has 1 aromatic carbocycles. The minimum absolute atomic E-state index is 0. The summed E-state index contributed by atoms with van der Waals surface area (Å²) in [4.78, 5) is 11.3. The quantitative estimate of drug-likeness (QED) is 0.675. The summed E-state index contributed by atoms with van der Waals surface area (Å²) in [5, 5.41) is 0. The van der Waals surface area contributed by atoms with Gasteiger partial charge in [0.15, 0.2) is 6.61 Å². The number of nitrogens with one attached hydrogen (secondary N) is 1. The van der Waals surface area contributed by atoms with Gasteiger partial charge in [0.05, 0.1) is 0 Å². The number of alkyl halides is 3. The van der Waals surface area contributed by atoms with Gasteiger partial charge in [-0.05, 0) is 12.1 Å². The maximum absolute atomic E-state index is 11.7. The van der Waals surface area contributed by atoms with Crippen molar-refractivity contribution >= 4 is 16.2 Å². The second-order valence-electron chi connectivity index (χ2n) is 3.13. The first-order valence-corrected chi connectivity index (χ1v) is 5.94. The Balaban J connectivity index is 0. The van der Waals surface area contributed by atoms with Gasteiger partial charge in [0.1, 0.15) is 0 Å². The molecule has 0 saturated heterocycles. The van der Waals surface area contributed by atoms with Crippen LogP contribution in [0.1, 0.15) is 11.8 Å². The molecule has 5 nitrogen and oxygen atoms in total. The Kier molecular flexibility index (Phi) is 6.58. The minimum Gasteiger partial charge on any atom is -1.00 e. The number of hydrogen-bond donors (Lipinski definition) is 1. The summed E-state index contributed by atoms with van der Waals surface area (Å²) in [6, 6.07) is 7.13. The number of amides is 1. The second kappa shape index (κ2) is 6.95. The average Bonchev–Trinajstić information content (AvgIpc) is 2.26. The number of carbonyl (C=O) groups excluding carboxylic acids is 1. The standard InChI is InChI=1S/C9H8F3NO4S.Li.H/c10-9(11,12)6-17-18(15,16)13-8(14)7-4-2-1-3-5-7;;/h1-5H,6H2,(H,13,14);;/q;+1;-1. The summed E-state index contributed by atoms with van der Waals surface area (Å²) < 4.78 is 62.2. The van der Waals surface area contributed by atoms with Gasteiger partial charge in [0.2, 0.25) is 0 Å². The van der Waals surface area contributed by atoms with Crippen LogP contribution in [0.25, 0.3) is 0 Å². The fourth-order valence-corrected chi connectivity index (χ4v) is 1.63. The molecule has 0 aromatic heterocycles. The van der Waals surface area contributed by atoms with Crippen LogP contribution in [0.2, 0.25) is 0 Å². The van der Waals surface area contributed by atoms with E-state index in [1.165, 1.54) is 29.0 Å². The summed E-state index contributed by atoms with van der Waals surface area (Å²) in [5.41, 5.74) is -0.0170. The van der Waals surface area contributed by atoms with Crippen LogP contribution in [0.3, 0.4) is 0 Å². The summed E-state index contributed by atoms with van der Waals surface area (Å²) in [7, 11) is -4.78. The molecule has 0 radical (unpaired) electrons. The molecule has 19 heavy (non-hydrogen) atoms. The van der Waals surface area contributed by atoms with Crippen molar-refractivity contribution in [2.24, 2.45) is 0 Å². The van der Waals surface area contributed by atoms with Crippen LogP contribution in [0.4, 0.5) is 13.2 Å². The van der Waals surface area contributed by atoms with Crippen LogP contribution >= 0.6 is 0 Å². The Morgan fingerprint density at radius 2 is 1.79 bits per heavy atom. The molecule has 1 N–H and O–H groups in total. The molecular weight excluding hydrogens is 282 g/mol. The van der Waals surface area contributed by atoms with Crippen molar-refractivity contribution in [1.29, 1.82) is 0 Å². The van der Waals surface area contributed by atoms with Gasteiger partial charge in [-0.2, -0.15) is 21.6 Å². The Morgan fingerprint density at radius 1 is 1.26 bits per heavy atom. The minimum atomic E-state index is -4.80. The van der Waals surface area contributed by atoms with Gasteiger partial charge in [-0.1, -0.05) is 18.2 Å². The normalized spacial score (nSPS) is 11.5. The van der Waals surface area contributed by atoms with Crippen LogP contribution in [0.5, 0.6) is 0 Å². The molecule has 1 rings (SSSR count). The van der Waals surface area contributed by atoms with Crippen molar-refractivity contribution < 1.29 is 50.9 Å². The van der Waals surface area contributed by atoms with E-state index >= 15 is 0 Å². The number of rotatable bonds is 4. The third-order valence-corrected chi connectivity index (χ3v) is 2.49. The first-order chi connectivity index (χ1) is 8.20. The van der Waals surface area contributed by atoms with Crippen molar-refractivity contribution in [3.8, 4) is 0 Å². The molecule has 10 heteroatoms. The molecule has 0 unspecified atom stereocenters. The Labute approximate surface area is 121 Å². The van der Waals surface area contributed by atoms with Gasteiger partial charge < -0.3 is 1.43 Å². The van der Waals surface area contributed by atoms with E-state index in [4.69, 9.17) is 0 Å². The van der Waals surface area contributed by atoms with Crippen LogP contribution < -0.4 is 23.6 Å². The van der Waals surface area contributed by atoms with Crippen LogP contribution in [0.15, 0.2) is 30.3 Å². The average molecular weight is 291 g/mol. The number of carbonyl (C=O) groups is 1. The van der Waals surface area contributed by atoms with E-state index in [1.807, 2.05) is 0 Å². The zero-order chi connectivity index (χ0) is 13.8. The molecule has 0 aliphatic heterocycles. The smallest absolute Gasteiger partial charge is 1.00 e. The molecule has 0 fully saturated rings. The Hall–Kier alpha value is -1.01. The Morgan fingerprint density at radius 3 is 2.26 bits per heavy atom. The van der Waals surface area contributed by atoms with E-state index in [-0.39, 0.29) is 25.9 Å². The third kappa shape index (κ3) is 7.22. The molecule has 0 heterocycles. The van der Waals surface area contributed by atoms with Gasteiger partial charge in [0, 0.05) is 5.56 Å². The van der Waals surface area contributed by atoms with Gasteiger partial charge in [-0.25, -0.2) is 8.91 Å². The molecule has 0 bridgehead atoms. The van der Waals surface area contributed by atoms with E-state index in [0.29, 0.717) is 0 Å². The molecule has 1 aromatic rings. The van der Waals surface area contributed by atoms with E-state index in [9.17, 15) is 26.4 Å². The fraction of sp³-hybridized carbons (Fsp3) is 0.222. The number of hydrogen-bond acceptors (Lipinski definition) is 4. The largest absolute Gasteiger partial charge is 1.00 e. The summed E-state index contributed by atoms with van der Waals surface area (Å²) in [6.45, 7) is -2.00. The predicted octanol–water partition coefficient (Wildman–Crippen LogP) is -1.64. The third-order valence-electron chi connectivity index (χ3n) is 1.63. The topological polar surface area (TPSA) is 72.5 Å². The van der Waals surface area contributed by atoms with Crippen molar-refractivity contribution in [2.45, 2.75) is 6.18 Å². The monoisotopic (exact) mass is 291 g/mol. The predicted molar refractivity (Wildman–Crippen MR) is 55.9 cm³/mol. The fourth-order valence-electron chi connectivity index (χ4n) is 0.936. The van der Waals surface area contributed by atoms with Crippen LogP contribution in [-0.4, -0.2) is 27.1 Å². The van der Waals surface area contributed by atoms with Crippen LogP contribution in [-0.2, 0) is 14.5 Å².